The van der Waals surface area contributed by atoms with Crippen LogP contribution in [0.4, 0.5) is 0 Å². The number of aliphatic hydroxyl groups excluding tert-OH is 1. The summed E-state index contributed by atoms with van der Waals surface area (Å²) >= 11 is 0. The first-order valence-corrected chi connectivity index (χ1v) is 9.23. The van der Waals surface area contributed by atoms with Crippen molar-refractivity contribution < 1.29 is 14.6 Å². The van der Waals surface area contributed by atoms with E-state index in [0.717, 1.165) is 30.9 Å². The molecule has 0 aromatic carbocycles. The Kier molecular flexibility index (Phi) is 5.46. The SMILES string of the molecule is Cc1nn(C(C)C)c(C)c1C(=O)N[C@H]1C[C@H]2CO[C@@H](CCO)CN2C1. The molecule has 2 fully saturated rings. The van der Waals surface area contributed by atoms with Crippen molar-refractivity contribution in [1.82, 2.24) is 20.0 Å². The number of aryl methyl sites for hydroxylation is 1. The van der Waals surface area contributed by atoms with Crippen molar-refractivity contribution in [2.75, 3.05) is 26.3 Å². The molecule has 1 aromatic rings. The van der Waals surface area contributed by atoms with E-state index in [1.54, 1.807) is 0 Å². The zero-order chi connectivity index (χ0) is 18.1. The monoisotopic (exact) mass is 350 g/mol. The highest BCUT2D eigenvalue weighted by molar-refractivity contribution is 5.96. The molecular formula is C18H30N4O3. The Morgan fingerprint density at radius 1 is 1.40 bits per heavy atom. The van der Waals surface area contributed by atoms with E-state index in [1.807, 2.05) is 18.5 Å². The Bertz CT molecular complexity index is 628. The van der Waals surface area contributed by atoms with Crippen molar-refractivity contribution in [3.05, 3.63) is 17.0 Å². The number of amides is 1. The topological polar surface area (TPSA) is 79.6 Å². The van der Waals surface area contributed by atoms with Gasteiger partial charge in [-0.05, 0) is 40.5 Å². The van der Waals surface area contributed by atoms with Gasteiger partial charge in [0.15, 0.2) is 0 Å². The van der Waals surface area contributed by atoms with Crippen LogP contribution in [-0.2, 0) is 4.74 Å². The minimum Gasteiger partial charge on any atom is -0.396 e. The lowest BCUT2D eigenvalue weighted by atomic mass is 10.1. The van der Waals surface area contributed by atoms with Crippen LogP contribution in [0, 0.1) is 13.8 Å². The van der Waals surface area contributed by atoms with Gasteiger partial charge in [-0.1, -0.05) is 0 Å². The zero-order valence-corrected chi connectivity index (χ0v) is 15.7. The number of fused-ring (bicyclic) bond motifs is 1. The number of nitrogens with one attached hydrogen (secondary N) is 1. The Balaban J connectivity index is 1.63. The maximum absolute atomic E-state index is 12.8. The Morgan fingerprint density at radius 3 is 2.80 bits per heavy atom. The van der Waals surface area contributed by atoms with Gasteiger partial charge >= 0.3 is 0 Å². The van der Waals surface area contributed by atoms with Crippen molar-refractivity contribution in [3.63, 3.8) is 0 Å². The third kappa shape index (κ3) is 3.73. The molecule has 3 heterocycles. The molecule has 1 amide bonds. The molecular weight excluding hydrogens is 320 g/mol. The molecule has 140 valence electrons. The van der Waals surface area contributed by atoms with E-state index in [-0.39, 0.29) is 30.7 Å². The number of morpholine rings is 1. The van der Waals surface area contributed by atoms with Crippen LogP contribution in [0.1, 0.15) is 54.5 Å². The summed E-state index contributed by atoms with van der Waals surface area (Å²) in [7, 11) is 0. The first-order chi connectivity index (χ1) is 11.9. The largest absolute Gasteiger partial charge is 0.396 e. The van der Waals surface area contributed by atoms with Crippen LogP contribution in [0.5, 0.6) is 0 Å². The van der Waals surface area contributed by atoms with Gasteiger partial charge in [-0.2, -0.15) is 5.10 Å². The molecule has 2 aliphatic rings. The van der Waals surface area contributed by atoms with Crippen molar-refractivity contribution in [2.45, 2.75) is 64.8 Å². The normalized spacial score (nSPS) is 26.9. The number of nitrogens with zero attached hydrogens (tertiary/aromatic N) is 3. The van der Waals surface area contributed by atoms with Gasteiger partial charge in [0.05, 0.1) is 24.0 Å². The molecule has 7 heteroatoms. The smallest absolute Gasteiger partial charge is 0.255 e. The highest BCUT2D eigenvalue weighted by Gasteiger charge is 2.38. The summed E-state index contributed by atoms with van der Waals surface area (Å²) in [5, 5.41) is 16.8. The molecule has 0 spiro atoms. The third-order valence-electron chi connectivity index (χ3n) is 5.32. The molecule has 0 unspecified atom stereocenters. The second kappa shape index (κ2) is 7.43. The Hall–Kier alpha value is -1.44. The van der Waals surface area contributed by atoms with Crippen LogP contribution in [0.3, 0.4) is 0 Å². The van der Waals surface area contributed by atoms with Crippen LogP contribution in [0.2, 0.25) is 0 Å². The second-order valence-corrected chi connectivity index (χ2v) is 7.57. The molecule has 1 aromatic heterocycles. The number of aliphatic hydroxyl groups is 1. The lowest BCUT2D eigenvalue weighted by Crippen LogP contribution is -2.46. The van der Waals surface area contributed by atoms with Crippen molar-refractivity contribution in [1.29, 1.82) is 0 Å². The summed E-state index contributed by atoms with van der Waals surface area (Å²) in [6.45, 7) is 10.5. The lowest BCUT2D eigenvalue weighted by molar-refractivity contribution is -0.0566. The van der Waals surface area contributed by atoms with Crippen LogP contribution in [0.15, 0.2) is 0 Å². The van der Waals surface area contributed by atoms with Gasteiger partial charge in [-0.15, -0.1) is 0 Å². The van der Waals surface area contributed by atoms with E-state index in [0.29, 0.717) is 24.6 Å². The highest BCUT2D eigenvalue weighted by atomic mass is 16.5. The average molecular weight is 350 g/mol. The van der Waals surface area contributed by atoms with Crippen molar-refractivity contribution >= 4 is 5.91 Å². The molecule has 2 N–H and O–H groups in total. The number of hydrogen-bond acceptors (Lipinski definition) is 5. The number of carbonyl (C=O) groups excluding carboxylic acids is 1. The summed E-state index contributed by atoms with van der Waals surface area (Å²) < 4.78 is 7.72. The summed E-state index contributed by atoms with van der Waals surface area (Å²) in [4.78, 5) is 15.2. The molecule has 3 rings (SSSR count). The van der Waals surface area contributed by atoms with E-state index < -0.39 is 0 Å². The lowest BCUT2D eigenvalue weighted by Gasteiger charge is -2.34. The van der Waals surface area contributed by atoms with E-state index in [9.17, 15) is 4.79 Å². The summed E-state index contributed by atoms with van der Waals surface area (Å²) in [5.74, 6) is -0.0282. The molecule has 2 aliphatic heterocycles. The first-order valence-electron chi connectivity index (χ1n) is 9.23. The summed E-state index contributed by atoms with van der Waals surface area (Å²) in [5.41, 5.74) is 2.41. The van der Waals surface area contributed by atoms with Gasteiger partial charge in [0.1, 0.15) is 0 Å². The predicted molar refractivity (Wildman–Crippen MR) is 94.8 cm³/mol. The molecule has 0 saturated carbocycles. The van der Waals surface area contributed by atoms with Gasteiger partial charge in [-0.25, -0.2) is 0 Å². The van der Waals surface area contributed by atoms with Gasteiger partial charge < -0.3 is 15.2 Å². The minimum absolute atomic E-state index is 0.0282. The molecule has 2 saturated heterocycles. The van der Waals surface area contributed by atoms with E-state index in [4.69, 9.17) is 9.84 Å². The summed E-state index contributed by atoms with van der Waals surface area (Å²) in [6, 6.07) is 0.734. The van der Waals surface area contributed by atoms with Gasteiger partial charge in [0, 0.05) is 43.5 Å². The van der Waals surface area contributed by atoms with Crippen LogP contribution >= 0.6 is 0 Å². The average Bonchev–Trinajstić information content (AvgIpc) is 3.07. The zero-order valence-electron chi connectivity index (χ0n) is 15.7. The quantitative estimate of drug-likeness (QED) is 0.829. The standard InChI is InChI=1S/C18H30N4O3/c1-11(2)22-13(4)17(12(3)20-22)18(24)19-14-7-15-10-25-16(5-6-23)9-21(15)8-14/h11,14-16,23H,5-10H2,1-4H3,(H,19,24)/t14-,15-,16-/m0/s1. The van der Waals surface area contributed by atoms with Crippen LogP contribution < -0.4 is 5.32 Å². The fraction of sp³-hybridized carbons (Fsp3) is 0.778. The molecule has 7 nitrogen and oxygen atoms in total. The minimum atomic E-state index is -0.0282. The number of ether oxygens (including phenoxy) is 1. The highest BCUT2D eigenvalue weighted by Crippen LogP contribution is 2.25. The number of carbonyl (C=O) groups is 1. The number of hydrogen-bond donors (Lipinski definition) is 2. The van der Waals surface area contributed by atoms with Gasteiger partial charge in [0.25, 0.3) is 5.91 Å². The maximum atomic E-state index is 12.8. The molecule has 3 atom stereocenters. The van der Waals surface area contributed by atoms with Crippen molar-refractivity contribution in [2.24, 2.45) is 0 Å². The fourth-order valence-corrected chi connectivity index (χ4v) is 4.12. The van der Waals surface area contributed by atoms with Crippen LogP contribution in [0.25, 0.3) is 0 Å². The van der Waals surface area contributed by atoms with Crippen molar-refractivity contribution in [3.8, 4) is 0 Å². The van der Waals surface area contributed by atoms with E-state index in [2.05, 4.69) is 29.2 Å². The Labute approximate surface area is 149 Å². The summed E-state index contributed by atoms with van der Waals surface area (Å²) in [6.07, 6.45) is 1.69. The van der Waals surface area contributed by atoms with Crippen LogP contribution in [-0.4, -0.2) is 70.2 Å². The molecule has 0 aliphatic carbocycles. The van der Waals surface area contributed by atoms with Gasteiger partial charge in [-0.3, -0.25) is 14.4 Å². The predicted octanol–water partition coefficient (Wildman–Crippen LogP) is 1.03. The Morgan fingerprint density at radius 2 is 2.16 bits per heavy atom. The number of rotatable bonds is 5. The third-order valence-corrected chi connectivity index (χ3v) is 5.32. The van der Waals surface area contributed by atoms with E-state index >= 15 is 0 Å². The number of aromatic nitrogens is 2. The molecule has 0 radical (unpaired) electrons. The second-order valence-electron chi connectivity index (χ2n) is 7.57. The fourth-order valence-electron chi connectivity index (χ4n) is 4.12. The van der Waals surface area contributed by atoms with E-state index in [1.165, 1.54) is 0 Å². The molecule has 0 bridgehead atoms. The maximum Gasteiger partial charge on any atom is 0.255 e. The van der Waals surface area contributed by atoms with Gasteiger partial charge in [0.2, 0.25) is 0 Å². The first kappa shape index (κ1) is 18.4. The molecule has 25 heavy (non-hydrogen) atoms.